The van der Waals surface area contributed by atoms with E-state index in [9.17, 15) is 0 Å². The van der Waals surface area contributed by atoms with Crippen LogP contribution in [0.25, 0.3) is 24.3 Å². The molecular formula is C48H62. The number of hydrogen-bond acceptors (Lipinski definition) is 0. The fourth-order valence-electron chi connectivity index (χ4n) is 16.2. The normalized spacial score (nSPS) is 44.4. The smallest absolute Gasteiger partial charge is 0.00307 e. The minimum Gasteiger partial charge on any atom is -0.0871 e. The van der Waals surface area contributed by atoms with Crippen LogP contribution in [-0.2, 0) is 10.8 Å². The standard InChI is InChI=1S/C48H62/c1-9-13-35-17-36(14-10-2)20-39(19-35)45-25-41(5)23-42(6,26-45)30-47(29-41,33-45)48-31-43(7)24-44(8,32-48)28-46(27-43,34-48)40-21-37(15-11-3)18-38(22-40)16-12-4/h9-22H,23-34H2,1-8H3/b13-9-,14-10-,15-11-,16-12-. The number of hydrogen-bond donors (Lipinski definition) is 0. The molecule has 0 radical (unpaired) electrons. The Morgan fingerprint density at radius 3 is 0.875 bits per heavy atom. The van der Waals surface area contributed by atoms with Gasteiger partial charge in [-0.05, 0) is 194 Å². The highest BCUT2D eigenvalue weighted by atomic mass is 14.8. The van der Waals surface area contributed by atoms with Crippen LogP contribution >= 0.6 is 0 Å². The average Bonchev–Trinajstić information content (AvgIpc) is 2.94. The van der Waals surface area contributed by atoms with Crippen molar-refractivity contribution >= 4 is 24.3 Å². The van der Waals surface area contributed by atoms with Crippen molar-refractivity contribution in [2.45, 2.75) is 143 Å². The Morgan fingerprint density at radius 2 is 0.625 bits per heavy atom. The highest BCUT2D eigenvalue weighted by Crippen LogP contribution is 2.85. The lowest BCUT2D eigenvalue weighted by Crippen LogP contribution is -2.71. The van der Waals surface area contributed by atoms with Crippen LogP contribution < -0.4 is 0 Å². The first-order chi connectivity index (χ1) is 22.7. The van der Waals surface area contributed by atoms with Gasteiger partial charge in [0.05, 0.1) is 0 Å². The number of benzene rings is 2. The minimum absolute atomic E-state index is 0.273. The van der Waals surface area contributed by atoms with E-state index < -0.39 is 0 Å². The fraction of sp³-hybridized carbons (Fsp3) is 0.583. The molecule has 0 aromatic heterocycles. The average molecular weight is 639 g/mol. The Hall–Kier alpha value is -2.60. The van der Waals surface area contributed by atoms with Crippen molar-refractivity contribution in [3.8, 4) is 0 Å². The second-order valence-corrected chi connectivity index (χ2v) is 20.3. The third-order valence-electron chi connectivity index (χ3n) is 14.9. The summed E-state index contributed by atoms with van der Waals surface area (Å²) in [5.74, 6) is 0. The van der Waals surface area contributed by atoms with Gasteiger partial charge in [-0.25, -0.2) is 0 Å². The van der Waals surface area contributed by atoms with E-state index in [1.807, 2.05) is 0 Å². The maximum absolute atomic E-state index is 2.73. The van der Waals surface area contributed by atoms with E-state index in [4.69, 9.17) is 0 Å². The molecule has 4 atom stereocenters. The molecule has 0 saturated heterocycles. The van der Waals surface area contributed by atoms with Crippen molar-refractivity contribution < 1.29 is 0 Å². The molecule has 48 heavy (non-hydrogen) atoms. The van der Waals surface area contributed by atoms with E-state index in [2.05, 4.69) is 140 Å². The molecule has 0 aliphatic heterocycles. The van der Waals surface area contributed by atoms with Gasteiger partial charge < -0.3 is 0 Å². The van der Waals surface area contributed by atoms with Crippen molar-refractivity contribution in [3.63, 3.8) is 0 Å². The molecule has 0 N–H and O–H groups in total. The van der Waals surface area contributed by atoms with Crippen molar-refractivity contribution in [3.05, 3.63) is 94.1 Å². The second kappa shape index (κ2) is 10.5. The lowest BCUT2D eigenvalue weighted by atomic mass is 9.24. The van der Waals surface area contributed by atoms with Crippen molar-refractivity contribution in [1.29, 1.82) is 0 Å². The van der Waals surface area contributed by atoms with Gasteiger partial charge >= 0.3 is 0 Å². The highest BCUT2D eigenvalue weighted by molar-refractivity contribution is 5.62. The molecule has 0 heterocycles. The van der Waals surface area contributed by atoms with E-state index >= 15 is 0 Å². The van der Waals surface area contributed by atoms with Crippen molar-refractivity contribution in [1.82, 2.24) is 0 Å². The van der Waals surface area contributed by atoms with Crippen molar-refractivity contribution in [2.24, 2.45) is 32.5 Å². The first kappa shape index (κ1) is 32.6. The molecule has 0 spiro atoms. The van der Waals surface area contributed by atoms with E-state index in [1.165, 1.54) is 99.3 Å². The largest absolute Gasteiger partial charge is 0.0871 e. The molecule has 10 rings (SSSR count). The monoisotopic (exact) mass is 638 g/mol. The Labute approximate surface area is 293 Å². The Balaban J connectivity index is 1.31. The lowest BCUT2D eigenvalue weighted by molar-refractivity contribution is -0.275. The summed E-state index contributed by atoms with van der Waals surface area (Å²) in [6, 6.07) is 15.2. The van der Waals surface area contributed by atoms with E-state index in [-0.39, 0.29) is 10.8 Å². The fourth-order valence-corrected chi connectivity index (χ4v) is 16.2. The van der Waals surface area contributed by atoms with Gasteiger partial charge in [0, 0.05) is 0 Å². The summed E-state index contributed by atoms with van der Waals surface area (Å²) < 4.78 is 0. The second-order valence-electron chi connectivity index (χ2n) is 20.3. The molecule has 2 aromatic carbocycles. The van der Waals surface area contributed by atoms with E-state index in [1.54, 1.807) is 11.1 Å². The van der Waals surface area contributed by atoms with Gasteiger partial charge in [0.25, 0.3) is 0 Å². The van der Waals surface area contributed by atoms with Crippen LogP contribution in [0.4, 0.5) is 0 Å². The van der Waals surface area contributed by atoms with Gasteiger partial charge in [-0.1, -0.05) is 101 Å². The summed E-state index contributed by atoms with van der Waals surface area (Å²) >= 11 is 0. The predicted octanol–water partition coefficient (Wildman–Crippen LogP) is 13.8. The summed E-state index contributed by atoms with van der Waals surface area (Å²) in [7, 11) is 0. The van der Waals surface area contributed by atoms with Gasteiger partial charge in [-0.2, -0.15) is 0 Å². The maximum atomic E-state index is 2.73. The molecule has 254 valence electrons. The molecule has 2 aromatic rings. The van der Waals surface area contributed by atoms with Gasteiger partial charge in [-0.15, -0.1) is 0 Å². The third kappa shape index (κ3) is 4.88. The van der Waals surface area contributed by atoms with Gasteiger partial charge in [-0.3, -0.25) is 0 Å². The van der Waals surface area contributed by atoms with E-state index in [0.29, 0.717) is 32.5 Å². The Kier molecular flexibility index (Phi) is 7.11. The topological polar surface area (TPSA) is 0 Å². The SMILES string of the molecule is C/C=C\c1cc(/C=C\C)cc(C23CC4(C)CC(C)(C2)CC(C25CC6(C)CC(C)(CC(c7cc(/C=C\C)cc(/C=C\C)c7)(C6)C2)C5)(C4)C3)c1. The Morgan fingerprint density at radius 1 is 0.354 bits per heavy atom. The zero-order valence-electron chi connectivity index (χ0n) is 31.6. The quantitative estimate of drug-likeness (QED) is 0.283. The molecule has 8 bridgehead atoms. The summed E-state index contributed by atoms with van der Waals surface area (Å²) in [5, 5.41) is 0. The number of rotatable bonds is 7. The zero-order valence-corrected chi connectivity index (χ0v) is 31.6. The highest BCUT2D eigenvalue weighted by Gasteiger charge is 2.76. The van der Waals surface area contributed by atoms with Crippen LogP contribution in [0.2, 0.25) is 0 Å². The van der Waals surface area contributed by atoms with Crippen LogP contribution in [0.15, 0.2) is 60.7 Å². The van der Waals surface area contributed by atoms with Crippen LogP contribution in [0.1, 0.15) is 166 Å². The third-order valence-corrected chi connectivity index (χ3v) is 14.9. The molecule has 0 heteroatoms. The predicted molar refractivity (Wildman–Crippen MR) is 208 cm³/mol. The van der Waals surface area contributed by atoms with Gasteiger partial charge in [0.15, 0.2) is 0 Å². The van der Waals surface area contributed by atoms with Gasteiger partial charge in [0.1, 0.15) is 0 Å². The summed E-state index contributed by atoms with van der Waals surface area (Å²) in [6.45, 7) is 19.6. The molecule has 8 fully saturated rings. The van der Waals surface area contributed by atoms with E-state index in [0.717, 1.165) is 0 Å². The van der Waals surface area contributed by atoms with Crippen LogP contribution in [0.5, 0.6) is 0 Å². The summed E-state index contributed by atoms with van der Waals surface area (Å²) in [4.78, 5) is 0. The summed E-state index contributed by atoms with van der Waals surface area (Å²) in [6.07, 6.45) is 35.3. The summed E-state index contributed by atoms with van der Waals surface area (Å²) in [5.41, 5.74) is 11.9. The molecular weight excluding hydrogens is 577 g/mol. The van der Waals surface area contributed by atoms with Crippen LogP contribution in [0.3, 0.4) is 0 Å². The first-order valence-corrected chi connectivity index (χ1v) is 19.5. The Bertz CT molecular complexity index is 1530. The van der Waals surface area contributed by atoms with Gasteiger partial charge in [0.2, 0.25) is 0 Å². The van der Waals surface area contributed by atoms with Crippen LogP contribution in [-0.4, -0.2) is 0 Å². The molecule has 8 saturated carbocycles. The zero-order chi connectivity index (χ0) is 33.8. The minimum atomic E-state index is 0.273. The maximum Gasteiger partial charge on any atom is -0.00307 e. The molecule has 4 unspecified atom stereocenters. The molecule has 8 aliphatic carbocycles. The van der Waals surface area contributed by atoms with Crippen LogP contribution in [0, 0.1) is 32.5 Å². The molecule has 8 aliphatic rings. The molecule has 0 amide bonds. The first-order valence-electron chi connectivity index (χ1n) is 19.5. The molecule has 0 nitrogen and oxygen atoms in total. The lowest BCUT2D eigenvalue weighted by Gasteiger charge is -2.80. The van der Waals surface area contributed by atoms with Crippen molar-refractivity contribution in [2.75, 3.05) is 0 Å². The number of allylic oxidation sites excluding steroid dienone is 4.